The van der Waals surface area contributed by atoms with Gasteiger partial charge in [0.1, 0.15) is 11.5 Å². The number of rotatable bonds is 8. The van der Waals surface area contributed by atoms with Crippen molar-refractivity contribution in [2.75, 3.05) is 33.5 Å². The van der Waals surface area contributed by atoms with E-state index in [1.807, 2.05) is 17.9 Å². The molecule has 3 aliphatic rings. The van der Waals surface area contributed by atoms with Crippen LogP contribution >= 0.6 is 0 Å². The Hall–Kier alpha value is -3.10. The fraction of sp³-hybridized carbons (Fsp3) is 0.517. The molecule has 0 aliphatic carbocycles. The Balaban J connectivity index is 1.23. The normalized spacial score (nSPS) is 23.2. The molecule has 2 aromatic carbocycles. The van der Waals surface area contributed by atoms with Crippen molar-refractivity contribution in [2.24, 2.45) is 5.92 Å². The SMILES string of the molecule is CCOc1cc(C(=O)N2C3CCC2COC3)ccc1C(=O)NC[C@@H](C)[C@@H]1Cc2ccc(OC)cc2CN1. The summed E-state index contributed by atoms with van der Waals surface area (Å²) >= 11 is 0. The summed E-state index contributed by atoms with van der Waals surface area (Å²) in [5.74, 6) is 1.33. The molecule has 2 bridgehead atoms. The number of benzene rings is 2. The second-order valence-electron chi connectivity index (χ2n) is 10.3. The molecular weight excluding hydrogens is 470 g/mol. The number of nitrogens with one attached hydrogen (secondary N) is 2. The van der Waals surface area contributed by atoms with Gasteiger partial charge in [0.2, 0.25) is 0 Å². The van der Waals surface area contributed by atoms with Gasteiger partial charge in [0.15, 0.2) is 0 Å². The highest BCUT2D eigenvalue weighted by atomic mass is 16.5. The van der Waals surface area contributed by atoms with E-state index < -0.39 is 0 Å². The number of hydrogen-bond donors (Lipinski definition) is 2. The maximum atomic E-state index is 13.3. The van der Waals surface area contributed by atoms with Gasteiger partial charge in [-0.3, -0.25) is 9.59 Å². The molecule has 8 heteroatoms. The molecule has 2 fully saturated rings. The Morgan fingerprint density at radius 3 is 2.65 bits per heavy atom. The fourth-order valence-electron chi connectivity index (χ4n) is 5.76. The Morgan fingerprint density at radius 2 is 1.92 bits per heavy atom. The Bertz CT molecular complexity index is 1140. The number of morpholine rings is 1. The number of nitrogens with zero attached hydrogens (tertiary/aromatic N) is 1. The molecule has 5 rings (SSSR count). The van der Waals surface area contributed by atoms with E-state index in [1.165, 1.54) is 11.1 Å². The lowest BCUT2D eigenvalue weighted by atomic mass is 9.89. The van der Waals surface area contributed by atoms with Crippen LogP contribution in [0.1, 0.15) is 58.5 Å². The predicted octanol–water partition coefficient (Wildman–Crippen LogP) is 3.18. The third-order valence-corrected chi connectivity index (χ3v) is 7.93. The van der Waals surface area contributed by atoms with Crippen LogP contribution in [0, 0.1) is 5.92 Å². The van der Waals surface area contributed by atoms with Crippen LogP contribution in [0.3, 0.4) is 0 Å². The van der Waals surface area contributed by atoms with Crippen molar-refractivity contribution in [2.45, 2.75) is 57.8 Å². The van der Waals surface area contributed by atoms with Crippen LogP contribution in [0.4, 0.5) is 0 Å². The molecular formula is C29H37N3O5. The minimum atomic E-state index is -0.193. The van der Waals surface area contributed by atoms with Gasteiger partial charge in [-0.15, -0.1) is 0 Å². The largest absolute Gasteiger partial charge is 0.497 e. The zero-order chi connectivity index (χ0) is 25.9. The van der Waals surface area contributed by atoms with E-state index in [4.69, 9.17) is 14.2 Å². The van der Waals surface area contributed by atoms with Crippen LogP contribution in [-0.2, 0) is 17.7 Å². The van der Waals surface area contributed by atoms with E-state index in [-0.39, 0.29) is 35.9 Å². The molecule has 2 aromatic rings. The Morgan fingerprint density at radius 1 is 1.14 bits per heavy atom. The van der Waals surface area contributed by atoms with Gasteiger partial charge in [0, 0.05) is 24.7 Å². The molecule has 2 N–H and O–H groups in total. The molecule has 0 aromatic heterocycles. The second-order valence-corrected chi connectivity index (χ2v) is 10.3. The van der Waals surface area contributed by atoms with Gasteiger partial charge in [-0.25, -0.2) is 0 Å². The first kappa shape index (κ1) is 25.5. The monoisotopic (exact) mass is 507 g/mol. The molecule has 2 saturated heterocycles. The van der Waals surface area contributed by atoms with E-state index in [0.29, 0.717) is 43.2 Å². The predicted molar refractivity (Wildman–Crippen MR) is 140 cm³/mol. The van der Waals surface area contributed by atoms with Crippen LogP contribution in [0.25, 0.3) is 0 Å². The van der Waals surface area contributed by atoms with Crippen molar-refractivity contribution in [1.82, 2.24) is 15.5 Å². The fourth-order valence-corrected chi connectivity index (χ4v) is 5.76. The standard InChI is InChI=1S/C29H37N3O5/c1-4-37-27-13-20(29(34)32-22-7-8-23(32)17-36-16-22)6-10-25(27)28(33)31-14-18(2)26-12-19-5-9-24(35-3)11-21(19)15-30-26/h5-6,9-11,13,18,22-23,26,30H,4,7-8,12,14-17H2,1-3H3,(H,31,33)/t18-,22?,23?,26+/m1/s1. The number of carbonyl (C=O) groups is 2. The van der Waals surface area contributed by atoms with Gasteiger partial charge >= 0.3 is 0 Å². The lowest BCUT2D eigenvalue weighted by molar-refractivity contribution is -0.00717. The van der Waals surface area contributed by atoms with E-state index in [2.05, 4.69) is 29.7 Å². The molecule has 2 amide bonds. The molecule has 198 valence electrons. The summed E-state index contributed by atoms with van der Waals surface area (Å²) in [7, 11) is 1.68. The van der Waals surface area contributed by atoms with Crippen molar-refractivity contribution >= 4 is 11.8 Å². The topological polar surface area (TPSA) is 89.1 Å². The lowest BCUT2D eigenvalue weighted by Crippen LogP contribution is -2.49. The minimum absolute atomic E-state index is 0.0152. The number of carbonyl (C=O) groups excluding carboxylic acids is 2. The Kier molecular flexibility index (Phi) is 7.67. The third-order valence-electron chi connectivity index (χ3n) is 7.93. The van der Waals surface area contributed by atoms with Crippen molar-refractivity contribution in [3.63, 3.8) is 0 Å². The van der Waals surface area contributed by atoms with Gasteiger partial charge in [0.05, 0.1) is 44.6 Å². The van der Waals surface area contributed by atoms with Crippen molar-refractivity contribution in [3.05, 3.63) is 58.7 Å². The summed E-state index contributed by atoms with van der Waals surface area (Å²) in [6.07, 6.45) is 2.85. The highest BCUT2D eigenvalue weighted by Gasteiger charge is 2.40. The van der Waals surface area contributed by atoms with Gasteiger partial charge in [-0.2, -0.15) is 0 Å². The molecule has 0 spiro atoms. The summed E-state index contributed by atoms with van der Waals surface area (Å²) in [4.78, 5) is 28.4. The molecule has 0 radical (unpaired) electrons. The molecule has 37 heavy (non-hydrogen) atoms. The van der Waals surface area contributed by atoms with Crippen LogP contribution in [0.2, 0.25) is 0 Å². The molecule has 8 nitrogen and oxygen atoms in total. The van der Waals surface area contributed by atoms with Crippen LogP contribution < -0.4 is 20.1 Å². The summed E-state index contributed by atoms with van der Waals surface area (Å²) in [5.41, 5.74) is 3.57. The highest BCUT2D eigenvalue weighted by Crippen LogP contribution is 2.32. The van der Waals surface area contributed by atoms with Gasteiger partial charge in [-0.1, -0.05) is 13.0 Å². The summed E-state index contributed by atoms with van der Waals surface area (Å²) in [6.45, 7) is 6.93. The van der Waals surface area contributed by atoms with Gasteiger partial charge in [0.25, 0.3) is 11.8 Å². The van der Waals surface area contributed by atoms with E-state index in [9.17, 15) is 9.59 Å². The lowest BCUT2D eigenvalue weighted by Gasteiger charge is -2.34. The van der Waals surface area contributed by atoms with E-state index in [0.717, 1.165) is 31.6 Å². The highest BCUT2D eigenvalue weighted by molar-refractivity contribution is 6.00. The number of hydrogen-bond acceptors (Lipinski definition) is 6. The summed E-state index contributed by atoms with van der Waals surface area (Å²) in [6, 6.07) is 11.9. The van der Waals surface area contributed by atoms with Crippen LogP contribution in [-0.4, -0.2) is 68.3 Å². The minimum Gasteiger partial charge on any atom is -0.497 e. The zero-order valence-corrected chi connectivity index (χ0v) is 21.9. The average molecular weight is 508 g/mol. The molecule has 0 saturated carbocycles. The summed E-state index contributed by atoms with van der Waals surface area (Å²) in [5, 5.41) is 6.68. The smallest absolute Gasteiger partial charge is 0.255 e. The van der Waals surface area contributed by atoms with Gasteiger partial charge < -0.3 is 29.7 Å². The number of ether oxygens (including phenoxy) is 3. The van der Waals surface area contributed by atoms with Crippen molar-refractivity contribution in [1.29, 1.82) is 0 Å². The first-order valence-corrected chi connectivity index (χ1v) is 13.3. The number of amides is 2. The molecule has 3 heterocycles. The van der Waals surface area contributed by atoms with E-state index >= 15 is 0 Å². The zero-order valence-electron chi connectivity index (χ0n) is 21.9. The second kappa shape index (κ2) is 11.1. The van der Waals surface area contributed by atoms with Crippen LogP contribution in [0.15, 0.2) is 36.4 Å². The summed E-state index contributed by atoms with van der Waals surface area (Å²) < 4.78 is 16.8. The maximum Gasteiger partial charge on any atom is 0.255 e. The third kappa shape index (κ3) is 5.31. The number of fused-ring (bicyclic) bond motifs is 3. The quantitative estimate of drug-likeness (QED) is 0.571. The van der Waals surface area contributed by atoms with Crippen molar-refractivity contribution in [3.8, 4) is 11.5 Å². The molecule has 4 atom stereocenters. The first-order chi connectivity index (χ1) is 18.0. The molecule has 3 aliphatic heterocycles. The van der Waals surface area contributed by atoms with Crippen molar-refractivity contribution < 1.29 is 23.8 Å². The average Bonchev–Trinajstić information content (AvgIpc) is 3.18. The maximum absolute atomic E-state index is 13.3. The first-order valence-electron chi connectivity index (χ1n) is 13.3. The molecule has 2 unspecified atom stereocenters. The van der Waals surface area contributed by atoms with E-state index in [1.54, 1.807) is 25.3 Å². The number of methoxy groups -OCH3 is 1. The van der Waals surface area contributed by atoms with Gasteiger partial charge in [-0.05, 0) is 73.6 Å². The Labute approximate surface area is 218 Å². The van der Waals surface area contributed by atoms with Crippen LogP contribution in [0.5, 0.6) is 11.5 Å².